The zero-order valence-electron chi connectivity index (χ0n) is 17.3. The van der Waals surface area contributed by atoms with Gasteiger partial charge in [0.1, 0.15) is 10.7 Å². The van der Waals surface area contributed by atoms with Crippen LogP contribution in [0.15, 0.2) is 5.16 Å². The van der Waals surface area contributed by atoms with E-state index in [1.54, 1.807) is 0 Å². The summed E-state index contributed by atoms with van der Waals surface area (Å²) >= 11 is 3.30. The van der Waals surface area contributed by atoms with Gasteiger partial charge in [0.25, 0.3) is 0 Å². The van der Waals surface area contributed by atoms with Gasteiger partial charge in [0.05, 0.1) is 11.1 Å². The zero-order chi connectivity index (χ0) is 20.1. The Morgan fingerprint density at radius 1 is 1.24 bits per heavy atom. The molecule has 0 radical (unpaired) electrons. The Labute approximate surface area is 179 Å². The van der Waals surface area contributed by atoms with Crippen molar-refractivity contribution in [3.05, 3.63) is 16.3 Å². The molecule has 154 valence electrons. The predicted molar refractivity (Wildman–Crippen MR) is 118 cm³/mol. The summed E-state index contributed by atoms with van der Waals surface area (Å²) in [6, 6.07) is 0. The van der Waals surface area contributed by atoms with E-state index in [0.717, 1.165) is 59.7 Å². The van der Waals surface area contributed by atoms with Crippen molar-refractivity contribution in [2.45, 2.75) is 58.0 Å². The van der Waals surface area contributed by atoms with Crippen LogP contribution in [0.5, 0.6) is 0 Å². The molecule has 5 rings (SSSR count). The van der Waals surface area contributed by atoms with Crippen molar-refractivity contribution in [3.8, 4) is 0 Å². The second-order valence-corrected chi connectivity index (χ2v) is 10.7. The average molecular weight is 430 g/mol. The van der Waals surface area contributed by atoms with Crippen molar-refractivity contribution in [1.82, 2.24) is 24.5 Å². The Balaban J connectivity index is 1.45. The minimum absolute atomic E-state index is 0.201. The van der Waals surface area contributed by atoms with Crippen molar-refractivity contribution in [1.29, 1.82) is 0 Å². The van der Waals surface area contributed by atoms with Gasteiger partial charge in [-0.05, 0) is 56.4 Å². The quantitative estimate of drug-likeness (QED) is 0.586. The first-order valence-electron chi connectivity index (χ1n) is 10.6. The molecular weight excluding hydrogens is 402 g/mol. The van der Waals surface area contributed by atoms with Gasteiger partial charge in [0, 0.05) is 18.0 Å². The van der Waals surface area contributed by atoms with E-state index in [0.29, 0.717) is 11.7 Å². The fourth-order valence-electron chi connectivity index (χ4n) is 4.69. The first-order chi connectivity index (χ1) is 14.0. The molecule has 0 aromatic carbocycles. The van der Waals surface area contributed by atoms with Crippen LogP contribution in [0.3, 0.4) is 0 Å². The monoisotopic (exact) mass is 429 g/mol. The van der Waals surface area contributed by atoms with Crippen LogP contribution in [0, 0.1) is 18.8 Å². The number of amides is 1. The Hall–Kier alpha value is -1.67. The summed E-state index contributed by atoms with van der Waals surface area (Å²) in [5.74, 6) is 2.83. The summed E-state index contributed by atoms with van der Waals surface area (Å²) in [5.41, 5.74) is 2.32. The second kappa shape index (κ2) is 7.54. The Kier molecular flexibility index (Phi) is 5.02. The summed E-state index contributed by atoms with van der Waals surface area (Å²) < 4.78 is 2.05. The van der Waals surface area contributed by atoms with Crippen molar-refractivity contribution < 1.29 is 4.79 Å². The number of hydrogen-bond acceptors (Lipinski definition) is 6. The number of aromatic nitrogens is 4. The standard InChI is InChI=1S/C21H27N5OS2/c1-12-6-7-15-16(9-12)29-20-18(15)19-23-24-21(26(19)14(3)22-20)28-11-17(27)25-8-4-5-13(2)10-25/h12-13H,4-11H2,1-3H3/t12-,13-/m1/s1. The molecule has 4 heterocycles. The topological polar surface area (TPSA) is 63.4 Å². The lowest BCUT2D eigenvalue weighted by Gasteiger charge is -2.30. The third-order valence-corrected chi connectivity index (χ3v) is 8.33. The van der Waals surface area contributed by atoms with E-state index in [-0.39, 0.29) is 5.91 Å². The fourth-order valence-corrected chi connectivity index (χ4v) is 7.00. The number of carbonyl (C=O) groups is 1. The van der Waals surface area contributed by atoms with Crippen LogP contribution >= 0.6 is 23.1 Å². The van der Waals surface area contributed by atoms with Gasteiger partial charge in [-0.1, -0.05) is 25.6 Å². The minimum Gasteiger partial charge on any atom is -0.342 e. The van der Waals surface area contributed by atoms with Crippen LogP contribution < -0.4 is 0 Å². The average Bonchev–Trinajstić information content (AvgIpc) is 3.26. The molecule has 0 bridgehead atoms. The van der Waals surface area contributed by atoms with Crippen LogP contribution in [-0.2, 0) is 17.6 Å². The first-order valence-corrected chi connectivity index (χ1v) is 12.4. The van der Waals surface area contributed by atoms with Crippen molar-refractivity contribution in [3.63, 3.8) is 0 Å². The zero-order valence-corrected chi connectivity index (χ0v) is 18.9. The lowest BCUT2D eigenvalue weighted by atomic mass is 9.89. The molecular formula is C21H27N5OS2. The maximum absolute atomic E-state index is 12.7. The number of likely N-dealkylation sites (tertiary alicyclic amines) is 1. The molecule has 1 aliphatic carbocycles. The van der Waals surface area contributed by atoms with E-state index in [2.05, 4.69) is 24.0 Å². The molecule has 0 N–H and O–H groups in total. The number of thioether (sulfide) groups is 1. The summed E-state index contributed by atoms with van der Waals surface area (Å²) in [6.45, 7) is 8.32. The van der Waals surface area contributed by atoms with Crippen molar-refractivity contribution in [2.24, 2.45) is 11.8 Å². The van der Waals surface area contributed by atoms with Crippen LogP contribution in [0.25, 0.3) is 15.9 Å². The minimum atomic E-state index is 0.201. The van der Waals surface area contributed by atoms with E-state index in [4.69, 9.17) is 4.98 Å². The summed E-state index contributed by atoms with van der Waals surface area (Å²) in [7, 11) is 0. The molecule has 1 amide bonds. The maximum atomic E-state index is 12.7. The van der Waals surface area contributed by atoms with Crippen LogP contribution in [0.4, 0.5) is 0 Å². The number of hydrogen-bond donors (Lipinski definition) is 0. The molecule has 29 heavy (non-hydrogen) atoms. The molecule has 1 fully saturated rings. The van der Waals surface area contributed by atoms with Gasteiger partial charge in [-0.15, -0.1) is 21.5 Å². The molecule has 3 aromatic rings. The third kappa shape index (κ3) is 3.44. The Bertz CT molecular complexity index is 1090. The third-order valence-electron chi connectivity index (χ3n) is 6.27. The van der Waals surface area contributed by atoms with E-state index in [1.165, 1.54) is 40.4 Å². The van der Waals surface area contributed by atoms with E-state index in [9.17, 15) is 4.79 Å². The number of aryl methyl sites for hydroxylation is 2. The van der Waals surface area contributed by atoms with Gasteiger partial charge in [-0.3, -0.25) is 9.20 Å². The van der Waals surface area contributed by atoms with Crippen LogP contribution in [0.2, 0.25) is 0 Å². The van der Waals surface area contributed by atoms with E-state index in [1.807, 2.05) is 27.6 Å². The van der Waals surface area contributed by atoms with Crippen molar-refractivity contribution >= 4 is 44.9 Å². The lowest BCUT2D eigenvalue weighted by molar-refractivity contribution is -0.130. The number of fused-ring (bicyclic) bond motifs is 5. The van der Waals surface area contributed by atoms with Crippen LogP contribution in [0.1, 0.15) is 49.4 Å². The molecule has 3 aromatic heterocycles. The summed E-state index contributed by atoms with van der Waals surface area (Å²) in [5, 5.41) is 10.9. The van der Waals surface area contributed by atoms with Gasteiger partial charge >= 0.3 is 0 Å². The number of nitrogens with zero attached hydrogens (tertiary/aromatic N) is 5. The normalized spacial score (nSPS) is 22.4. The van der Waals surface area contributed by atoms with E-state index >= 15 is 0 Å². The number of carbonyl (C=O) groups excluding carboxylic acids is 1. The number of thiophene rings is 1. The molecule has 8 heteroatoms. The van der Waals surface area contributed by atoms with E-state index < -0.39 is 0 Å². The maximum Gasteiger partial charge on any atom is 0.233 e. The second-order valence-electron chi connectivity index (χ2n) is 8.71. The van der Waals surface area contributed by atoms with Crippen LogP contribution in [-0.4, -0.2) is 49.2 Å². The predicted octanol–water partition coefficient (Wildman–Crippen LogP) is 4.12. The molecule has 0 unspecified atom stereocenters. The summed E-state index contributed by atoms with van der Waals surface area (Å²) in [6.07, 6.45) is 5.78. The van der Waals surface area contributed by atoms with Gasteiger partial charge in [-0.25, -0.2) is 4.98 Å². The SMILES string of the molecule is Cc1nc2sc3c(c2c2nnc(SCC(=O)N4CCC[C@@H](C)C4)n12)CC[C@@H](C)C3. The smallest absolute Gasteiger partial charge is 0.233 e. The first kappa shape index (κ1) is 19.3. The molecule has 1 saturated heterocycles. The summed E-state index contributed by atoms with van der Waals surface area (Å²) in [4.78, 5) is 22.1. The highest BCUT2D eigenvalue weighted by molar-refractivity contribution is 7.99. The fraction of sp³-hybridized carbons (Fsp3) is 0.619. The van der Waals surface area contributed by atoms with Gasteiger partial charge < -0.3 is 4.90 Å². The molecule has 1 aliphatic heterocycles. The van der Waals surface area contributed by atoms with Gasteiger partial charge in [0.15, 0.2) is 10.8 Å². The van der Waals surface area contributed by atoms with Gasteiger partial charge in [-0.2, -0.15) is 0 Å². The lowest BCUT2D eigenvalue weighted by Crippen LogP contribution is -2.40. The molecule has 0 saturated carbocycles. The number of rotatable bonds is 3. The van der Waals surface area contributed by atoms with Crippen molar-refractivity contribution in [2.75, 3.05) is 18.8 Å². The van der Waals surface area contributed by atoms with Gasteiger partial charge in [0.2, 0.25) is 5.91 Å². The Morgan fingerprint density at radius 2 is 2.10 bits per heavy atom. The molecule has 2 aliphatic rings. The molecule has 2 atom stereocenters. The highest BCUT2D eigenvalue weighted by Gasteiger charge is 2.26. The highest BCUT2D eigenvalue weighted by atomic mass is 32.2. The largest absolute Gasteiger partial charge is 0.342 e. The Morgan fingerprint density at radius 3 is 2.93 bits per heavy atom. The molecule has 6 nitrogen and oxygen atoms in total. The molecule has 0 spiro atoms. The number of piperidine rings is 1. The highest BCUT2D eigenvalue weighted by Crippen LogP contribution is 2.39.